The van der Waals surface area contributed by atoms with Crippen LogP contribution in [0.2, 0.25) is 0 Å². The lowest BCUT2D eigenvalue weighted by Crippen LogP contribution is -2.40. The van der Waals surface area contributed by atoms with Gasteiger partial charge in [-0.25, -0.2) is 0 Å². The van der Waals surface area contributed by atoms with E-state index in [-0.39, 0.29) is 11.9 Å². The number of aromatic nitrogens is 2. The summed E-state index contributed by atoms with van der Waals surface area (Å²) in [4.78, 5) is 13.7. The highest BCUT2D eigenvalue weighted by molar-refractivity contribution is 5.93. The molecule has 1 heterocycles. The Bertz CT molecular complexity index is 312. The molecular weight excluding hydrogens is 192 g/mol. The Labute approximate surface area is 89.3 Å². The maximum atomic E-state index is 12.0. The molecule has 0 aliphatic heterocycles. The average Bonchev–Trinajstić information content (AvgIpc) is 2.26. The highest BCUT2D eigenvalue weighted by Gasteiger charge is 2.17. The van der Waals surface area contributed by atoms with Crippen LogP contribution in [0.4, 0.5) is 0 Å². The monoisotopic (exact) mass is 208 g/mol. The average molecular weight is 208 g/mol. The van der Waals surface area contributed by atoms with Crippen molar-refractivity contribution in [1.82, 2.24) is 15.1 Å². The molecule has 0 saturated heterocycles. The number of rotatable bonds is 4. The standard InChI is InChI=1S/C10H16N4O/c1-8(2)14(6-4-11)10(15)9-3-5-12-13-7-9/h3,5,7-8H,4,6,11H2,1-2H3. The summed E-state index contributed by atoms with van der Waals surface area (Å²) < 4.78 is 0. The quantitative estimate of drug-likeness (QED) is 0.771. The number of hydrogen-bond acceptors (Lipinski definition) is 4. The van der Waals surface area contributed by atoms with Crippen molar-refractivity contribution in [2.45, 2.75) is 19.9 Å². The van der Waals surface area contributed by atoms with Crippen molar-refractivity contribution in [3.63, 3.8) is 0 Å². The van der Waals surface area contributed by atoms with Crippen LogP contribution in [-0.4, -0.2) is 40.1 Å². The van der Waals surface area contributed by atoms with Crippen LogP contribution in [0.25, 0.3) is 0 Å². The van der Waals surface area contributed by atoms with Gasteiger partial charge in [-0.15, -0.1) is 0 Å². The molecule has 0 aliphatic carbocycles. The summed E-state index contributed by atoms with van der Waals surface area (Å²) in [6.45, 7) is 4.94. The van der Waals surface area contributed by atoms with Crippen molar-refractivity contribution in [1.29, 1.82) is 0 Å². The van der Waals surface area contributed by atoms with Gasteiger partial charge in [0.25, 0.3) is 5.91 Å². The fraction of sp³-hybridized carbons (Fsp3) is 0.500. The van der Waals surface area contributed by atoms with Gasteiger partial charge in [0.05, 0.1) is 18.0 Å². The zero-order valence-electron chi connectivity index (χ0n) is 9.05. The molecule has 0 fully saturated rings. The number of carbonyl (C=O) groups excluding carboxylic acids is 1. The minimum Gasteiger partial charge on any atom is -0.335 e. The predicted molar refractivity (Wildman–Crippen MR) is 57.3 cm³/mol. The summed E-state index contributed by atoms with van der Waals surface area (Å²) in [7, 11) is 0. The Kier molecular flexibility index (Phi) is 4.17. The van der Waals surface area contributed by atoms with Gasteiger partial charge in [-0.2, -0.15) is 10.2 Å². The lowest BCUT2D eigenvalue weighted by Gasteiger charge is -2.25. The fourth-order valence-electron chi connectivity index (χ4n) is 1.32. The van der Waals surface area contributed by atoms with E-state index in [1.807, 2.05) is 13.8 Å². The van der Waals surface area contributed by atoms with E-state index in [1.54, 1.807) is 11.0 Å². The van der Waals surface area contributed by atoms with Gasteiger partial charge in [0.1, 0.15) is 0 Å². The van der Waals surface area contributed by atoms with Gasteiger partial charge in [-0.1, -0.05) is 0 Å². The minimum atomic E-state index is -0.0506. The van der Waals surface area contributed by atoms with Crippen LogP contribution in [0.3, 0.4) is 0 Å². The minimum absolute atomic E-state index is 0.0506. The maximum Gasteiger partial charge on any atom is 0.255 e. The third kappa shape index (κ3) is 2.99. The normalized spacial score (nSPS) is 10.4. The highest BCUT2D eigenvalue weighted by Crippen LogP contribution is 2.05. The first-order chi connectivity index (χ1) is 7.16. The zero-order valence-corrected chi connectivity index (χ0v) is 9.05. The van der Waals surface area contributed by atoms with E-state index in [1.165, 1.54) is 12.4 Å². The van der Waals surface area contributed by atoms with Gasteiger partial charge in [0.15, 0.2) is 0 Å². The van der Waals surface area contributed by atoms with Gasteiger partial charge >= 0.3 is 0 Å². The number of nitrogens with zero attached hydrogens (tertiary/aromatic N) is 3. The summed E-state index contributed by atoms with van der Waals surface area (Å²) in [5.41, 5.74) is 6.01. The molecule has 1 amide bonds. The molecule has 5 heteroatoms. The Balaban J connectivity index is 2.81. The van der Waals surface area contributed by atoms with Crippen molar-refractivity contribution in [2.24, 2.45) is 5.73 Å². The molecule has 82 valence electrons. The van der Waals surface area contributed by atoms with Crippen LogP contribution in [-0.2, 0) is 0 Å². The Morgan fingerprint density at radius 3 is 2.73 bits per heavy atom. The zero-order chi connectivity index (χ0) is 11.3. The van der Waals surface area contributed by atoms with Crippen molar-refractivity contribution >= 4 is 5.91 Å². The number of amides is 1. The van der Waals surface area contributed by atoms with E-state index >= 15 is 0 Å². The topological polar surface area (TPSA) is 72.1 Å². The largest absolute Gasteiger partial charge is 0.335 e. The molecule has 1 rings (SSSR count). The molecule has 0 aromatic carbocycles. The van der Waals surface area contributed by atoms with E-state index in [4.69, 9.17) is 5.73 Å². The van der Waals surface area contributed by atoms with E-state index in [2.05, 4.69) is 10.2 Å². The molecule has 1 aromatic rings. The van der Waals surface area contributed by atoms with Crippen molar-refractivity contribution in [3.05, 3.63) is 24.0 Å². The Morgan fingerprint density at radius 1 is 1.53 bits per heavy atom. The molecule has 0 spiro atoms. The number of nitrogens with two attached hydrogens (primary N) is 1. The molecule has 5 nitrogen and oxygen atoms in total. The van der Waals surface area contributed by atoms with Crippen molar-refractivity contribution in [3.8, 4) is 0 Å². The molecule has 0 atom stereocenters. The first-order valence-electron chi connectivity index (χ1n) is 4.94. The van der Waals surface area contributed by atoms with E-state index in [0.29, 0.717) is 18.7 Å². The third-order valence-electron chi connectivity index (χ3n) is 2.09. The lowest BCUT2D eigenvalue weighted by atomic mass is 10.2. The molecule has 15 heavy (non-hydrogen) atoms. The van der Waals surface area contributed by atoms with Gasteiger partial charge in [-0.05, 0) is 19.9 Å². The van der Waals surface area contributed by atoms with Gasteiger partial charge < -0.3 is 10.6 Å². The number of hydrogen-bond donors (Lipinski definition) is 1. The molecule has 0 saturated carbocycles. The summed E-state index contributed by atoms with van der Waals surface area (Å²) in [5.74, 6) is -0.0506. The molecule has 0 radical (unpaired) electrons. The Morgan fingerprint density at radius 2 is 2.27 bits per heavy atom. The predicted octanol–water partition coefficient (Wildman–Crippen LogP) is 0.286. The van der Waals surface area contributed by atoms with E-state index in [9.17, 15) is 4.79 Å². The SMILES string of the molecule is CC(C)N(CCN)C(=O)c1ccnnc1. The smallest absolute Gasteiger partial charge is 0.255 e. The van der Waals surface area contributed by atoms with Crippen LogP contribution in [0.1, 0.15) is 24.2 Å². The second-order valence-electron chi connectivity index (χ2n) is 3.51. The van der Waals surface area contributed by atoms with E-state index in [0.717, 1.165) is 0 Å². The number of carbonyl (C=O) groups is 1. The van der Waals surface area contributed by atoms with Crippen LogP contribution >= 0.6 is 0 Å². The van der Waals surface area contributed by atoms with E-state index < -0.39 is 0 Å². The summed E-state index contributed by atoms with van der Waals surface area (Å²) in [6.07, 6.45) is 2.97. The molecule has 1 aromatic heterocycles. The van der Waals surface area contributed by atoms with Gasteiger partial charge in [0, 0.05) is 19.1 Å². The third-order valence-corrected chi connectivity index (χ3v) is 2.09. The molecular formula is C10H16N4O. The second-order valence-corrected chi connectivity index (χ2v) is 3.51. The molecule has 0 bridgehead atoms. The van der Waals surface area contributed by atoms with Crippen molar-refractivity contribution in [2.75, 3.05) is 13.1 Å². The van der Waals surface area contributed by atoms with Crippen LogP contribution in [0.15, 0.2) is 18.5 Å². The van der Waals surface area contributed by atoms with Crippen LogP contribution < -0.4 is 5.73 Å². The van der Waals surface area contributed by atoms with Gasteiger partial charge in [0.2, 0.25) is 0 Å². The summed E-state index contributed by atoms with van der Waals surface area (Å²) >= 11 is 0. The fourth-order valence-corrected chi connectivity index (χ4v) is 1.32. The second kappa shape index (κ2) is 5.41. The highest BCUT2D eigenvalue weighted by atomic mass is 16.2. The van der Waals surface area contributed by atoms with Crippen LogP contribution in [0, 0.1) is 0 Å². The molecule has 0 unspecified atom stereocenters. The molecule has 0 aliphatic rings. The first-order valence-corrected chi connectivity index (χ1v) is 4.94. The summed E-state index contributed by atoms with van der Waals surface area (Å²) in [5, 5.41) is 7.31. The maximum absolute atomic E-state index is 12.0. The first kappa shape index (κ1) is 11.6. The molecule has 2 N–H and O–H groups in total. The lowest BCUT2D eigenvalue weighted by molar-refractivity contribution is 0.0711. The Hall–Kier alpha value is -1.49. The summed E-state index contributed by atoms with van der Waals surface area (Å²) in [6, 6.07) is 1.79. The van der Waals surface area contributed by atoms with Crippen LogP contribution in [0.5, 0.6) is 0 Å². The van der Waals surface area contributed by atoms with Crippen molar-refractivity contribution < 1.29 is 4.79 Å². The van der Waals surface area contributed by atoms with Gasteiger partial charge in [-0.3, -0.25) is 4.79 Å².